The molecular formula is C20H24O2. The largest absolute Gasteiger partial charge is 0.370 e. The molecule has 1 saturated heterocycles. The van der Waals surface area contributed by atoms with Crippen LogP contribution >= 0.6 is 0 Å². The number of ether oxygens (including phenoxy) is 2. The molecule has 2 aliphatic carbocycles. The van der Waals surface area contributed by atoms with Crippen LogP contribution in [0.1, 0.15) is 37.7 Å². The molecule has 4 aliphatic rings. The smallest absolute Gasteiger partial charge is 0.0962 e. The quantitative estimate of drug-likeness (QED) is 0.780. The Kier molecular flexibility index (Phi) is 2.99. The molecule has 6 unspecified atom stereocenters. The van der Waals surface area contributed by atoms with Crippen LogP contribution in [0.3, 0.4) is 0 Å². The molecule has 3 fully saturated rings. The average Bonchev–Trinajstić information content (AvgIpc) is 3.33. The second-order valence-electron chi connectivity index (χ2n) is 7.67. The Labute approximate surface area is 132 Å². The summed E-state index contributed by atoms with van der Waals surface area (Å²) in [5, 5.41) is 0. The lowest BCUT2D eigenvalue weighted by Gasteiger charge is -2.39. The van der Waals surface area contributed by atoms with Crippen molar-refractivity contribution < 1.29 is 9.47 Å². The third kappa shape index (κ3) is 1.93. The van der Waals surface area contributed by atoms with Crippen molar-refractivity contribution in [1.82, 2.24) is 0 Å². The third-order valence-corrected chi connectivity index (χ3v) is 6.46. The van der Waals surface area contributed by atoms with Crippen LogP contribution in [0.15, 0.2) is 42.5 Å². The monoisotopic (exact) mass is 296 g/mol. The summed E-state index contributed by atoms with van der Waals surface area (Å²) in [6.07, 6.45) is 11.6. The molecule has 0 aromatic heterocycles. The first-order valence-corrected chi connectivity index (χ1v) is 8.87. The molecule has 0 radical (unpaired) electrons. The Morgan fingerprint density at radius 3 is 2.64 bits per heavy atom. The molecular weight excluding hydrogens is 272 g/mol. The number of benzene rings is 1. The van der Waals surface area contributed by atoms with Gasteiger partial charge in [0.2, 0.25) is 0 Å². The summed E-state index contributed by atoms with van der Waals surface area (Å²) in [5.41, 5.74) is 1.39. The van der Waals surface area contributed by atoms with Gasteiger partial charge in [-0.3, -0.25) is 0 Å². The zero-order valence-electron chi connectivity index (χ0n) is 13.0. The Bertz CT molecular complexity index is 581. The van der Waals surface area contributed by atoms with E-state index in [-0.39, 0.29) is 5.60 Å². The van der Waals surface area contributed by atoms with Gasteiger partial charge in [-0.25, -0.2) is 0 Å². The van der Waals surface area contributed by atoms with Crippen molar-refractivity contribution in [2.24, 2.45) is 17.8 Å². The highest BCUT2D eigenvalue weighted by atomic mass is 16.5. The van der Waals surface area contributed by atoms with Crippen LogP contribution in [0.5, 0.6) is 0 Å². The van der Waals surface area contributed by atoms with Gasteiger partial charge in [0.25, 0.3) is 0 Å². The molecule has 1 aromatic carbocycles. The lowest BCUT2D eigenvalue weighted by Crippen LogP contribution is -2.38. The maximum absolute atomic E-state index is 6.73. The van der Waals surface area contributed by atoms with E-state index in [1.165, 1.54) is 31.2 Å². The van der Waals surface area contributed by atoms with Gasteiger partial charge in [0, 0.05) is 5.92 Å². The maximum Gasteiger partial charge on any atom is 0.0962 e. The summed E-state index contributed by atoms with van der Waals surface area (Å²) in [6, 6.07) is 11.0. The predicted octanol–water partition coefficient (Wildman–Crippen LogP) is 4.06. The minimum atomic E-state index is -0.0181. The molecule has 5 rings (SSSR count). The van der Waals surface area contributed by atoms with Gasteiger partial charge in [-0.05, 0) is 49.5 Å². The fourth-order valence-electron chi connectivity index (χ4n) is 5.39. The van der Waals surface area contributed by atoms with Crippen LogP contribution < -0.4 is 0 Å². The number of fused-ring (bicyclic) bond motifs is 4. The van der Waals surface area contributed by atoms with Gasteiger partial charge in [0.1, 0.15) is 0 Å². The van der Waals surface area contributed by atoms with Crippen molar-refractivity contribution in [3.63, 3.8) is 0 Å². The van der Waals surface area contributed by atoms with Crippen LogP contribution in [-0.4, -0.2) is 18.8 Å². The SMILES string of the molecule is C1=CC2OC1CC2COC1(c2ccccc2)CC2CCC1C2. The molecule has 2 heteroatoms. The second-order valence-corrected chi connectivity index (χ2v) is 7.67. The predicted molar refractivity (Wildman–Crippen MR) is 85.4 cm³/mol. The number of hydrogen-bond acceptors (Lipinski definition) is 2. The third-order valence-electron chi connectivity index (χ3n) is 6.46. The Hall–Kier alpha value is -1.12. The maximum atomic E-state index is 6.73. The van der Waals surface area contributed by atoms with Gasteiger partial charge in [0.05, 0.1) is 24.4 Å². The molecule has 4 bridgehead atoms. The first kappa shape index (κ1) is 13.3. The minimum absolute atomic E-state index is 0.0181. The molecule has 2 saturated carbocycles. The fourth-order valence-corrected chi connectivity index (χ4v) is 5.39. The van der Waals surface area contributed by atoms with Crippen molar-refractivity contribution in [2.75, 3.05) is 6.61 Å². The van der Waals surface area contributed by atoms with Crippen molar-refractivity contribution in [2.45, 2.75) is 49.9 Å². The number of hydrogen-bond donors (Lipinski definition) is 0. The van der Waals surface area contributed by atoms with Crippen molar-refractivity contribution >= 4 is 0 Å². The summed E-state index contributed by atoms with van der Waals surface area (Å²) in [4.78, 5) is 0. The first-order valence-electron chi connectivity index (χ1n) is 8.87. The van der Waals surface area contributed by atoms with Gasteiger partial charge < -0.3 is 9.47 Å². The number of rotatable bonds is 4. The summed E-state index contributed by atoms with van der Waals surface area (Å²) >= 11 is 0. The molecule has 2 nitrogen and oxygen atoms in total. The Morgan fingerprint density at radius 1 is 1.09 bits per heavy atom. The van der Waals surface area contributed by atoms with E-state index in [1.807, 2.05) is 0 Å². The van der Waals surface area contributed by atoms with E-state index in [0.29, 0.717) is 18.1 Å². The summed E-state index contributed by atoms with van der Waals surface area (Å²) < 4.78 is 12.6. The topological polar surface area (TPSA) is 18.5 Å². The highest BCUT2D eigenvalue weighted by molar-refractivity contribution is 5.27. The van der Waals surface area contributed by atoms with Gasteiger partial charge in [-0.15, -0.1) is 0 Å². The van der Waals surface area contributed by atoms with Crippen LogP contribution in [0.4, 0.5) is 0 Å². The van der Waals surface area contributed by atoms with E-state index >= 15 is 0 Å². The van der Waals surface area contributed by atoms with Gasteiger partial charge >= 0.3 is 0 Å². The first-order chi connectivity index (χ1) is 10.8. The van der Waals surface area contributed by atoms with Crippen molar-refractivity contribution in [3.05, 3.63) is 48.0 Å². The normalized spacial score (nSPS) is 45.0. The van der Waals surface area contributed by atoms with Gasteiger partial charge in [-0.2, -0.15) is 0 Å². The van der Waals surface area contributed by atoms with E-state index in [2.05, 4.69) is 42.5 Å². The van der Waals surface area contributed by atoms with Crippen LogP contribution in [0, 0.1) is 17.8 Å². The molecule has 6 atom stereocenters. The highest BCUT2D eigenvalue weighted by Gasteiger charge is 2.53. The summed E-state index contributed by atoms with van der Waals surface area (Å²) in [6.45, 7) is 0.851. The Balaban J connectivity index is 1.39. The second kappa shape index (κ2) is 4.94. The molecule has 0 spiro atoms. The zero-order chi connectivity index (χ0) is 14.6. The summed E-state index contributed by atoms with van der Waals surface area (Å²) in [7, 11) is 0. The van der Waals surface area contributed by atoms with E-state index in [9.17, 15) is 0 Å². The van der Waals surface area contributed by atoms with E-state index in [1.54, 1.807) is 0 Å². The minimum Gasteiger partial charge on any atom is -0.370 e. The van der Waals surface area contributed by atoms with Crippen molar-refractivity contribution in [1.29, 1.82) is 0 Å². The van der Waals surface area contributed by atoms with Gasteiger partial charge in [0.15, 0.2) is 0 Å². The lowest BCUT2D eigenvalue weighted by atomic mass is 9.78. The van der Waals surface area contributed by atoms with Crippen LogP contribution in [0.2, 0.25) is 0 Å². The molecule has 2 aliphatic heterocycles. The van der Waals surface area contributed by atoms with E-state index < -0.39 is 0 Å². The average molecular weight is 296 g/mol. The molecule has 22 heavy (non-hydrogen) atoms. The van der Waals surface area contributed by atoms with Gasteiger partial charge in [-0.1, -0.05) is 42.5 Å². The van der Waals surface area contributed by atoms with E-state index in [4.69, 9.17) is 9.47 Å². The molecule has 0 N–H and O–H groups in total. The highest BCUT2D eigenvalue weighted by Crippen LogP contribution is 2.57. The fraction of sp³-hybridized carbons (Fsp3) is 0.600. The molecule has 0 amide bonds. The van der Waals surface area contributed by atoms with Crippen molar-refractivity contribution in [3.8, 4) is 0 Å². The van der Waals surface area contributed by atoms with Crippen LogP contribution in [0.25, 0.3) is 0 Å². The molecule has 2 heterocycles. The van der Waals surface area contributed by atoms with E-state index in [0.717, 1.165) is 24.9 Å². The standard InChI is InChI=1S/C20H24O2/c1-2-4-16(5-3-1)20(12-14-6-7-17(20)10-14)21-13-15-11-18-8-9-19(15)22-18/h1-5,8-9,14-15,17-19H,6-7,10-13H2. The summed E-state index contributed by atoms with van der Waals surface area (Å²) in [5.74, 6) is 2.14. The van der Waals surface area contributed by atoms with Crippen LogP contribution in [-0.2, 0) is 15.1 Å². The lowest BCUT2D eigenvalue weighted by molar-refractivity contribution is -0.105. The Morgan fingerprint density at radius 2 is 2.00 bits per heavy atom. The molecule has 116 valence electrons. The zero-order valence-corrected chi connectivity index (χ0v) is 13.0. The molecule has 1 aromatic rings.